The van der Waals surface area contributed by atoms with Gasteiger partial charge in [0.25, 0.3) is 5.91 Å². The summed E-state index contributed by atoms with van der Waals surface area (Å²) in [6.07, 6.45) is -1.76. The van der Waals surface area contributed by atoms with Crippen LogP contribution in [0.4, 0.5) is 24.5 Å². The maximum atomic E-state index is 13.0. The number of allylic oxidation sites excluding steroid dienone is 2. The van der Waals surface area contributed by atoms with Crippen molar-refractivity contribution in [3.8, 4) is 0 Å². The van der Waals surface area contributed by atoms with Gasteiger partial charge in [-0.05, 0) is 50.1 Å². The Bertz CT molecular complexity index is 1160. The normalized spacial score (nSPS) is 20.8. The molecule has 1 fully saturated rings. The molecule has 1 N–H and O–H groups in total. The Morgan fingerprint density at radius 1 is 1.09 bits per heavy atom. The molecule has 166 valence electrons. The van der Waals surface area contributed by atoms with Crippen molar-refractivity contribution in [1.29, 1.82) is 0 Å². The number of benzene rings is 2. The lowest BCUT2D eigenvalue weighted by molar-refractivity contribution is -0.137. The molecule has 1 aliphatic carbocycles. The summed E-state index contributed by atoms with van der Waals surface area (Å²) in [7, 11) is 0. The number of anilines is 2. The van der Waals surface area contributed by atoms with E-state index in [-0.39, 0.29) is 33.8 Å². The van der Waals surface area contributed by atoms with Gasteiger partial charge in [-0.15, -0.1) is 0 Å². The molecule has 2 aromatic rings. The molecule has 0 spiro atoms. The highest BCUT2D eigenvalue weighted by molar-refractivity contribution is 6.34. The van der Waals surface area contributed by atoms with Crippen LogP contribution < -0.4 is 10.2 Å². The van der Waals surface area contributed by atoms with Gasteiger partial charge >= 0.3 is 6.18 Å². The number of alkyl halides is 3. The second-order valence-corrected chi connectivity index (χ2v) is 8.29. The van der Waals surface area contributed by atoms with Gasteiger partial charge in [0.2, 0.25) is 11.8 Å². The summed E-state index contributed by atoms with van der Waals surface area (Å²) in [5.74, 6) is -2.53. The van der Waals surface area contributed by atoms with Crippen molar-refractivity contribution >= 4 is 40.7 Å². The Hall–Kier alpha value is -3.13. The molecule has 9 heteroatoms. The Labute approximate surface area is 186 Å². The molecule has 2 aliphatic rings. The standard InChI is InChI=1S/C23H18ClF3N2O3/c1-12-6-8-14-16(10-12)22(32)29(21(14)31)19-5-3-2-4-15(19)20(30)28-18-11-13(23(25,26)27)7-9-17(18)24/h2-7,9,11,14,16H,8,10H2,1H3,(H,28,30)/t14-,16-/m1/s1. The SMILES string of the molecule is CC1=CC[C@H]2C(=O)N(c3ccccc3C(=O)Nc3cc(C(F)(F)F)ccc3Cl)C(=O)[C@@H]2C1. The van der Waals surface area contributed by atoms with Crippen molar-refractivity contribution in [3.63, 3.8) is 0 Å². The summed E-state index contributed by atoms with van der Waals surface area (Å²) < 4.78 is 39.1. The highest BCUT2D eigenvalue weighted by Crippen LogP contribution is 2.41. The third-order valence-corrected chi connectivity index (χ3v) is 6.08. The van der Waals surface area contributed by atoms with E-state index >= 15 is 0 Å². The summed E-state index contributed by atoms with van der Waals surface area (Å²) in [6, 6.07) is 8.57. The fraction of sp³-hybridized carbons (Fsp3) is 0.261. The van der Waals surface area contributed by atoms with Gasteiger partial charge in [0.15, 0.2) is 0 Å². The first-order chi connectivity index (χ1) is 15.1. The van der Waals surface area contributed by atoms with Crippen molar-refractivity contribution in [2.75, 3.05) is 10.2 Å². The molecular weight excluding hydrogens is 445 g/mol. The number of nitrogens with zero attached hydrogens (tertiary/aromatic N) is 1. The highest BCUT2D eigenvalue weighted by Gasteiger charge is 2.49. The molecule has 2 aromatic carbocycles. The van der Waals surface area contributed by atoms with E-state index in [1.54, 1.807) is 6.07 Å². The third kappa shape index (κ3) is 3.90. The van der Waals surface area contributed by atoms with Crippen LogP contribution in [0.15, 0.2) is 54.1 Å². The van der Waals surface area contributed by atoms with E-state index in [9.17, 15) is 27.6 Å². The number of hydrogen-bond donors (Lipinski definition) is 1. The van der Waals surface area contributed by atoms with Crippen LogP contribution in [0.2, 0.25) is 5.02 Å². The largest absolute Gasteiger partial charge is 0.416 e. The third-order valence-electron chi connectivity index (χ3n) is 5.75. The van der Waals surface area contributed by atoms with Crippen LogP contribution in [0.25, 0.3) is 0 Å². The lowest BCUT2D eigenvalue weighted by Crippen LogP contribution is -2.33. The van der Waals surface area contributed by atoms with Crippen LogP contribution in [0.3, 0.4) is 0 Å². The second-order valence-electron chi connectivity index (χ2n) is 7.88. The topological polar surface area (TPSA) is 66.5 Å². The smallest absolute Gasteiger partial charge is 0.321 e. The van der Waals surface area contributed by atoms with E-state index in [0.717, 1.165) is 28.7 Å². The van der Waals surface area contributed by atoms with Gasteiger partial charge in [0.1, 0.15) is 0 Å². The number of fused-ring (bicyclic) bond motifs is 1. The fourth-order valence-electron chi connectivity index (χ4n) is 4.12. The Balaban J connectivity index is 1.66. The van der Waals surface area contributed by atoms with Crippen molar-refractivity contribution in [2.24, 2.45) is 11.8 Å². The lowest BCUT2D eigenvalue weighted by Gasteiger charge is -2.19. The molecule has 3 amide bonds. The number of amides is 3. The average Bonchev–Trinajstić information content (AvgIpc) is 2.98. The molecular formula is C23H18ClF3N2O3. The first kappa shape index (κ1) is 22.1. The minimum Gasteiger partial charge on any atom is -0.321 e. The summed E-state index contributed by atoms with van der Waals surface area (Å²) in [5, 5.41) is 2.29. The number of carbonyl (C=O) groups is 3. The predicted octanol–water partition coefficient (Wildman–Crippen LogP) is 5.46. The van der Waals surface area contributed by atoms with Crippen molar-refractivity contribution in [1.82, 2.24) is 0 Å². The molecule has 1 saturated heterocycles. The number of hydrogen-bond acceptors (Lipinski definition) is 3. The Kier molecular flexibility index (Phi) is 5.58. The predicted molar refractivity (Wildman–Crippen MR) is 113 cm³/mol. The van der Waals surface area contributed by atoms with Gasteiger partial charge in [-0.2, -0.15) is 13.2 Å². The van der Waals surface area contributed by atoms with E-state index in [1.165, 1.54) is 18.2 Å². The van der Waals surface area contributed by atoms with Crippen LogP contribution in [-0.2, 0) is 15.8 Å². The fourth-order valence-corrected chi connectivity index (χ4v) is 4.29. The van der Waals surface area contributed by atoms with Crippen LogP contribution in [-0.4, -0.2) is 17.7 Å². The van der Waals surface area contributed by atoms with Gasteiger partial charge < -0.3 is 5.32 Å². The van der Waals surface area contributed by atoms with Gasteiger partial charge in [-0.3, -0.25) is 14.4 Å². The summed E-state index contributed by atoms with van der Waals surface area (Å²) in [4.78, 5) is 40.0. The quantitative estimate of drug-likeness (QED) is 0.486. The van der Waals surface area contributed by atoms with Crippen molar-refractivity contribution < 1.29 is 27.6 Å². The van der Waals surface area contributed by atoms with Gasteiger partial charge in [-0.1, -0.05) is 35.4 Å². The molecule has 0 bridgehead atoms. The highest BCUT2D eigenvalue weighted by atomic mass is 35.5. The molecule has 2 atom stereocenters. The number of para-hydroxylation sites is 1. The second kappa shape index (κ2) is 8.09. The van der Waals surface area contributed by atoms with E-state index in [0.29, 0.717) is 12.8 Å². The van der Waals surface area contributed by atoms with Crippen LogP contribution in [0.1, 0.15) is 35.7 Å². The maximum absolute atomic E-state index is 13.0. The molecule has 0 radical (unpaired) electrons. The first-order valence-corrected chi connectivity index (χ1v) is 10.3. The van der Waals surface area contributed by atoms with Crippen molar-refractivity contribution in [2.45, 2.75) is 25.9 Å². The number of carbonyl (C=O) groups excluding carboxylic acids is 3. The minimum absolute atomic E-state index is 0.0222. The van der Waals surface area contributed by atoms with Gasteiger partial charge in [0.05, 0.1) is 39.4 Å². The van der Waals surface area contributed by atoms with Crippen LogP contribution >= 0.6 is 11.6 Å². The number of halogens is 4. The van der Waals surface area contributed by atoms with E-state index in [2.05, 4.69) is 5.32 Å². The monoisotopic (exact) mass is 462 g/mol. The molecule has 0 unspecified atom stereocenters. The molecule has 4 rings (SSSR count). The van der Waals surface area contributed by atoms with E-state index in [1.807, 2.05) is 13.0 Å². The Morgan fingerprint density at radius 2 is 1.78 bits per heavy atom. The maximum Gasteiger partial charge on any atom is 0.416 e. The number of rotatable bonds is 3. The molecule has 1 aliphatic heterocycles. The van der Waals surface area contributed by atoms with Crippen molar-refractivity contribution in [3.05, 3.63) is 70.3 Å². The minimum atomic E-state index is -4.61. The zero-order chi connectivity index (χ0) is 23.2. The molecule has 0 aromatic heterocycles. The summed E-state index contributed by atoms with van der Waals surface area (Å²) >= 11 is 5.98. The summed E-state index contributed by atoms with van der Waals surface area (Å²) in [6.45, 7) is 1.90. The number of nitrogens with one attached hydrogen (secondary N) is 1. The molecule has 5 nitrogen and oxygen atoms in total. The van der Waals surface area contributed by atoms with Crippen LogP contribution in [0, 0.1) is 11.8 Å². The molecule has 0 saturated carbocycles. The van der Waals surface area contributed by atoms with Crippen LogP contribution in [0.5, 0.6) is 0 Å². The van der Waals surface area contributed by atoms with E-state index < -0.39 is 29.5 Å². The molecule has 32 heavy (non-hydrogen) atoms. The average molecular weight is 463 g/mol. The number of imide groups is 1. The zero-order valence-corrected chi connectivity index (χ0v) is 17.6. The van der Waals surface area contributed by atoms with Gasteiger partial charge in [-0.25, -0.2) is 4.90 Å². The first-order valence-electron chi connectivity index (χ1n) is 9.88. The zero-order valence-electron chi connectivity index (χ0n) is 16.9. The lowest BCUT2D eigenvalue weighted by atomic mass is 9.82. The van der Waals surface area contributed by atoms with E-state index in [4.69, 9.17) is 11.6 Å². The Morgan fingerprint density at radius 3 is 2.50 bits per heavy atom. The van der Waals surface area contributed by atoms with Gasteiger partial charge in [0, 0.05) is 0 Å². The molecule has 1 heterocycles. The summed E-state index contributed by atoms with van der Waals surface area (Å²) in [5.41, 5.74) is -0.100.